The lowest BCUT2D eigenvalue weighted by Gasteiger charge is -2.05. The van der Waals surface area contributed by atoms with Gasteiger partial charge in [0.1, 0.15) is 5.69 Å². The molecule has 2 atom stereocenters. The van der Waals surface area contributed by atoms with Crippen LogP contribution in [0.1, 0.15) is 31.5 Å². The maximum absolute atomic E-state index is 12.5. The first-order valence-electron chi connectivity index (χ1n) is 19.3. The maximum Gasteiger partial charge on any atom is 0.463 e. The van der Waals surface area contributed by atoms with E-state index in [4.69, 9.17) is 32.7 Å². The summed E-state index contributed by atoms with van der Waals surface area (Å²) in [5, 5.41) is 44.3. The van der Waals surface area contributed by atoms with Crippen LogP contribution in [0.25, 0.3) is 33.4 Å². The van der Waals surface area contributed by atoms with Crippen molar-refractivity contribution in [2.45, 2.75) is 0 Å². The van der Waals surface area contributed by atoms with Crippen LogP contribution in [0, 0.1) is 22.3 Å². The van der Waals surface area contributed by atoms with Crippen molar-refractivity contribution in [2.24, 2.45) is 16.5 Å². The second kappa shape index (κ2) is 23.9. The van der Waals surface area contributed by atoms with Gasteiger partial charge in [0.15, 0.2) is 24.7 Å². The smallest absolute Gasteiger partial charge is 0.463 e. The molecule has 0 spiro atoms. The molecule has 68 heavy (non-hydrogen) atoms. The first kappa shape index (κ1) is 49.4. The predicted octanol–water partition coefficient (Wildman–Crippen LogP) is 4.88. The number of nitrogen functional groups attached to an aromatic ring is 1. The molecule has 0 saturated heterocycles. The Morgan fingerprint density at radius 2 is 1.16 bits per heavy atom. The number of pyridine rings is 3. The third kappa shape index (κ3) is 13.7. The van der Waals surface area contributed by atoms with Crippen LogP contribution in [0.15, 0.2) is 152 Å². The number of aliphatic imine (C=N–C) groups is 1. The highest BCUT2D eigenvalue weighted by Gasteiger charge is 2.25. The van der Waals surface area contributed by atoms with Crippen LogP contribution in [0.5, 0.6) is 0 Å². The lowest BCUT2D eigenvalue weighted by molar-refractivity contribution is 0.0688. The zero-order chi connectivity index (χ0) is 49.2. The van der Waals surface area contributed by atoms with Crippen molar-refractivity contribution in [3.63, 3.8) is 0 Å². The Balaban J connectivity index is 0.000000178. The van der Waals surface area contributed by atoms with E-state index < -0.39 is 33.7 Å². The number of amides is 2. The Morgan fingerprint density at radius 3 is 1.57 bits per heavy atom. The van der Waals surface area contributed by atoms with E-state index in [1.165, 1.54) is 49.8 Å². The van der Waals surface area contributed by atoms with Crippen LogP contribution >= 0.6 is 15.9 Å². The number of aromatic nitrogens is 10. The summed E-state index contributed by atoms with van der Waals surface area (Å²) >= 11 is 0. The van der Waals surface area contributed by atoms with Gasteiger partial charge in [0, 0.05) is 84.9 Å². The van der Waals surface area contributed by atoms with Crippen molar-refractivity contribution in [1.29, 1.82) is 16.1 Å². The fourth-order valence-electron chi connectivity index (χ4n) is 5.65. The number of rotatable bonds is 8. The van der Waals surface area contributed by atoms with Crippen molar-refractivity contribution in [3.05, 3.63) is 164 Å². The molecule has 0 aliphatic carbocycles. The van der Waals surface area contributed by atoms with Gasteiger partial charge in [-0.25, -0.2) is 14.2 Å². The minimum atomic E-state index is -1.79. The van der Waals surface area contributed by atoms with Gasteiger partial charge in [-0.1, -0.05) is 0 Å². The number of carboxylic acid groups (broad SMARTS) is 1. The lowest BCUT2D eigenvalue weighted by atomic mass is 10.1. The summed E-state index contributed by atoms with van der Waals surface area (Å²) in [6, 6.07) is 19.0. The highest BCUT2D eigenvalue weighted by Crippen LogP contribution is 2.30. The number of nitriles is 1. The highest BCUT2D eigenvalue weighted by molar-refractivity contribution is 7.42. The summed E-state index contributed by atoms with van der Waals surface area (Å²) in [6.45, 7) is 2.99. The lowest BCUT2D eigenvalue weighted by Crippen LogP contribution is -2.36. The van der Waals surface area contributed by atoms with Crippen molar-refractivity contribution >= 4 is 51.6 Å². The van der Waals surface area contributed by atoms with Gasteiger partial charge in [0.05, 0.1) is 12.4 Å². The molecule has 8 aromatic heterocycles. The van der Waals surface area contributed by atoms with Gasteiger partial charge in [-0.05, 0) is 92.6 Å². The van der Waals surface area contributed by atoms with E-state index in [-0.39, 0.29) is 29.3 Å². The molecule has 0 aromatic carbocycles. The number of H-pyrrole nitrogens is 1. The van der Waals surface area contributed by atoms with E-state index in [0.717, 1.165) is 33.4 Å². The van der Waals surface area contributed by atoms with Gasteiger partial charge in [0.25, 0.3) is 11.8 Å². The molecule has 8 rings (SSSR count). The molecule has 2 amide bonds. The number of carbonyl (C=O) groups excluding carboxylic acids is 2. The van der Waals surface area contributed by atoms with Gasteiger partial charge >= 0.3 is 21.9 Å². The SMILES string of the molecule is C[P+](=O)n1cc(-c2ccncc2)cc1C(=O)NC(=N)n1cccn1.C[P+](=O)n1cc(-c2ccncc2)cc1C(=O)O.N#CN=C(N)NC(=O)c1cc(-c2ccncc2)c[nH]1.N=C(N)n1cccn1. The minimum Gasteiger partial charge on any atom is -0.476 e. The van der Waals surface area contributed by atoms with E-state index in [0.29, 0.717) is 5.69 Å². The molecule has 8 aromatic rings. The number of hydrogen-bond acceptors (Lipinski definition) is 14. The summed E-state index contributed by atoms with van der Waals surface area (Å²) in [7, 11) is -3.54. The predicted molar refractivity (Wildman–Crippen MR) is 251 cm³/mol. The van der Waals surface area contributed by atoms with Crippen molar-refractivity contribution in [3.8, 4) is 39.6 Å². The van der Waals surface area contributed by atoms with Crippen LogP contribution in [-0.4, -0.2) is 102 Å². The van der Waals surface area contributed by atoms with Crippen LogP contribution in [0.4, 0.5) is 0 Å². The summed E-state index contributed by atoms with van der Waals surface area (Å²) in [5.41, 5.74) is 15.9. The molecule has 342 valence electrons. The van der Waals surface area contributed by atoms with Crippen LogP contribution < -0.4 is 22.1 Å². The summed E-state index contributed by atoms with van der Waals surface area (Å²) in [4.78, 5) is 53.0. The molecule has 0 aliphatic rings. The van der Waals surface area contributed by atoms with E-state index in [1.54, 1.807) is 123 Å². The molecule has 0 saturated carbocycles. The number of aromatic carboxylic acids is 1. The van der Waals surface area contributed by atoms with Gasteiger partial charge in [-0.2, -0.15) is 15.5 Å². The number of hydrogen-bond donors (Lipinski definition) is 8. The Kier molecular flexibility index (Phi) is 17.4. The molecule has 0 radical (unpaired) electrons. The molecular formula is C42H40N18O6P2+2. The number of nitrogens with zero attached hydrogens (tertiary/aromatic N) is 11. The van der Waals surface area contributed by atoms with Crippen molar-refractivity contribution in [2.75, 3.05) is 13.3 Å². The van der Waals surface area contributed by atoms with Crippen molar-refractivity contribution < 1.29 is 28.6 Å². The second-order valence-corrected chi connectivity index (χ2v) is 16.0. The molecule has 0 aliphatic heterocycles. The number of carboxylic acids is 1. The fraction of sp³-hybridized carbons (Fsp3) is 0.0476. The molecule has 0 bridgehead atoms. The minimum absolute atomic E-state index is 0.0282. The maximum atomic E-state index is 12.5. The van der Waals surface area contributed by atoms with Crippen LogP contribution in [-0.2, 0) is 9.13 Å². The Bertz CT molecular complexity index is 3070. The van der Waals surface area contributed by atoms with Crippen LogP contribution in [0.3, 0.4) is 0 Å². The van der Waals surface area contributed by atoms with Gasteiger partial charge < -0.3 is 21.6 Å². The number of nitrogens with one attached hydrogen (secondary N) is 5. The van der Waals surface area contributed by atoms with Crippen LogP contribution in [0.2, 0.25) is 0 Å². The Labute approximate surface area is 387 Å². The Hall–Kier alpha value is -9.58. The molecule has 10 N–H and O–H groups in total. The molecule has 8 heterocycles. The van der Waals surface area contributed by atoms with E-state index >= 15 is 0 Å². The zero-order valence-electron chi connectivity index (χ0n) is 35.8. The van der Waals surface area contributed by atoms with Gasteiger partial charge in [0.2, 0.25) is 24.1 Å². The largest absolute Gasteiger partial charge is 0.476 e. The van der Waals surface area contributed by atoms with E-state index in [2.05, 4.69) is 45.8 Å². The number of aromatic amines is 1. The highest BCUT2D eigenvalue weighted by atomic mass is 31.1. The fourth-order valence-corrected chi connectivity index (χ4v) is 7.12. The monoisotopic (exact) mass is 954 g/mol. The first-order chi connectivity index (χ1) is 32.7. The third-order valence-electron chi connectivity index (χ3n) is 8.76. The standard InChI is InChI=1S/C15H13N6O2P.C12H10N6O.C11H9N2O3P.C4H6N4/c1-24(23)21-10-12(11-3-6-17-7-4-11)9-13(21)14(22)19-15(16)20-8-2-5-18-20;13-7-17-12(14)18-11(19)10-5-9(6-16-10)8-1-3-15-4-2-8;1-17(16)13-7-9(6-10(13)11(14)15)8-2-4-12-5-3-8;5-4(6)8-3-1-2-7-8/h2-10H,1H3,(H-,16,19,22);1-6,16H,(H3,14,17,18,19);2-7H,1H3;1-3H,(H3,5,6)/p+2. The molecule has 2 unspecified atom stereocenters. The van der Waals surface area contributed by atoms with E-state index in [9.17, 15) is 23.5 Å². The van der Waals surface area contributed by atoms with Gasteiger partial charge in [-0.15, -0.1) is 13.7 Å². The average molecular weight is 955 g/mol. The molecule has 24 nitrogen and oxygen atoms in total. The second-order valence-electron chi connectivity index (χ2n) is 13.3. The third-order valence-corrected chi connectivity index (χ3v) is 10.6. The Morgan fingerprint density at radius 1 is 0.691 bits per heavy atom. The topological polar surface area (TPSA) is 365 Å². The molecule has 0 fully saturated rings. The van der Waals surface area contributed by atoms with Gasteiger partial charge in [-0.3, -0.25) is 46.0 Å². The first-order valence-corrected chi connectivity index (χ1v) is 22.7. The average Bonchev–Trinajstić information content (AvgIpc) is 4.20. The summed E-state index contributed by atoms with van der Waals surface area (Å²) in [5.74, 6) is -2.56. The molecular weight excluding hydrogens is 915 g/mol. The normalized spacial score (nSPS) is 10.8. The number of guanidine groups is 1. The number of carbonyl (C=O) groups is 3. The zero-order valence-corrected chi connectivity index (χ0v) is 37.6. The quantitative estimate of drug-likeness (QED) is 0.0436. The summed E-state index contributed by atoms with van der Waals surface area (Å²) in [6.07, 6.45) is 22.5. The van der Waals surface area contributed by atoms with Crippen molar-refractivity contribution in [1.82, 2.24) is 58.8 Å². The van der Waals surface area contributed by atoms with E-state index in [1.807, 2.05) is 12.1 Å². The summed E-state index contributed by atoms with van der Waals surface area (Å²) < 4.78 is 28.6. The number of nitrogens with two attached hydrogens (primary N) is 2. The molecule has 26 heteroatoms.